The second-order valence-electron chi connectivity index (χ2n) is 7.74. The summed E-state index contributed by atoms with van der Waals surface area (Å²) in [5.41, 5.74) is 3.37. The van der Waals surface area contributed by atoms with Crippen molar-refractivity contribution in [3.8, 4) is 5.69 Å². The predicted molar refractivity (Wildman–Crippen MR) is 128 cm³/mol. The van der Waals surface area contributed by atoms with Gasteiger partial charge in [-0.05, 0) is 50.5 Å². The van der Waals surface area contributed by atoms with E-state index in [1.165, 1.54) is 18.4 Å². The van der Waals surface area contributed by atoms with Gasteiger partial charge in [-0.15, -0.1) is 11.3 Å². The van der Waals surface area contributed by atoms with Crippen molar-refractivity contribution < 1.29 is 0 Å². The highest BCUT2D eigenvalue weighted by Gasteiger charge is 2.15. The second kappa shape index (κ2) is 10.4. The standard InChI is InChI=1S/C23H31N7S/c1-3-24-22(25-12-10-20-17-31-23(28-20)29-13-4-5-14-29)27-18(2)19-8-6-9-21(16-19)30-15-7-11-26-30/h6-9,11,15-18H,3-5,10,12-14H2,1-2H3,(H2,24,25,27). The van der Waals surface area contributed by atoms with Crippen LogP contribution in [0.2, 0.25) is 0 Å². The van der Waals surface area contributed by atoms with Crippen molar-refractivity contribution in [2.24, 2.45) is 4.99 Å². The number of anilines is 1. The summed E-state index contributed by atoms with van der Waals surface area (Å²) in [7, 11) is 0. The number of nitrogens with zero attached hydrogens (tertiary/aromatic N) is 5. The van der Waals surface area contributed by atoms with E-state index in [9.17, 15) is 0 Å². The highest BCUT2D eigenvalue weighted by Crippen LogP contribution is 2.24. The van der Waals surface area contributed by atoms with Crippen LogP contribution in [0.1, 0.15) is 44.0 Å². The monoisotopic (exact) mass is 437 g/mol. The summed E-state index contributed by atoms with van der Waals surface area (Å²) in [6, 6.07) is 10.5. The fourth-order valence-electron chi connectivity index (χ4n) is 3.71. The van der Waals surface area contributed by atoms with Gasteiger partial charge < -0.3 is 15.5 Å². The number of aliphatic imine (C=N–C) groups is 1. The van der Waals surface area contributed by atoms with Gasteiger partial charge in [-0.2, -0.15) is 5.10 Å². The summed E-state index contributed by atoms with van der Waals surface area (Å²) < 4.78 is 1.87. The molecule has 2 aromatic heterocycles. The van der Waals surface area contributed by atoms with Crippen LogP contribution in [0.5, 0.6) is 0 Å². The Balaban J connectivity index is 1.36. The Labute approximate surface area is 188 Å². The molecule has 0 amide bonds. The van der Waals surface area contributed by atoms with E-state index >= 15 is 0 Å². The molecule has 1 aliphatic rings. The molecule has 7 nitrogen and oxygen atoms in total. The number of aromatic nitrogens is 3. The fraction of sp³-hybridized carbons (Fsp3) is 0.435. The minimum Gasteiger partial charge on any atom is -0.357 e. The molecule has 0 bridgehead atoms. The van der Waals surface area contributed by atoms with E-state index in [4.69, 9.17) is 9.98 Å². The van der Waals surface area contributed by atoms with Crippen LogP contribution in [0.4, 0.5) is 5.13 Å². The molecule has 1 saturated heterocycles. The molecule has 1 unspecified atom stereocenters. The Morgan fingerprint density at radius 3 is 2.90 bits per heavy atom. The van der Waals surface area contributed by atoms with Crippen LogP contribution in [0, 0.1) is 0 Å². The average Bonchev–Trinajstić information content (AvgIpc) is 3.56. The zero-order valence-corrected chi connectivity index (χ0v) is 19.1. The number of rotatable bonds is 8. The van der Waals surface area contributed by atoms with Gasteiger partial charge in [0, 0.05) is 50.4 Å². The van der Waals surface area contributed by atoms with Crippen molar-refractivity contribution in [3.63, 3.8) is 0 Å². The maximum absolute atomic E-state index is 4.80. The number of hydrogen-bond acceptors (Lipinski definition) is 5. The van der Waals surface area contributed by atoms with E-state index in [1.807, 2.05) is 16.9 Å². The van der Waals surface area contributed by atoms with Crippen molar-refractivity contribution in [1.29, 1.82) is 0 Å². The smallest absolute Gasteiger partial charge is 0.191 e. The molecule has 3 heterocycles. The van der Waals surface area contributed by atoms with Gasteiger partial charge in [0.1, 0.15) is 0 Å². The third-order valence-corrected chi connectivity index (χ3v) is 6.34. The quantitative estimate of drug-likeness (QED) is 0.414. The first-order chi connectivity index (χ1) is 15.2. The van der Waals surface area contributed by atoms with Crippen molar-refractivity contribution in [2.75, 3.05) is 31.1 Å². The van der Waals surface area contributed by atoms with E-state index in [0.717, 1.165) is 48.5 Å². The van der Waals surface area contributed by atoms with E-state index in [0.29, 0.717) is 6.54 Å². The lowest BCUT2D eigenvalue weighted by atomic mass is 10.1. The molecule has 1 fully saturated rings. The van der Waals surface area contributed by atoms with Crippen molar-refractivity contribution in [3.05, 3.63) is 59.4 Å². The van der Waals surface area contributed by atoms with Crippen molar-refractivity contribution >= 4 is 22.4 Å². The Morgan fingerprint density at radius 2 is 2.13 bits per heavy atom. The highest BCUT2D eigenvalue weighted by atomic mass is 32.1. The van der Waals surface area contributed by atoms with Gasteiger partial charge in [0.15, 0.2) is 11.1 Å². The molecule has 3 aromatic rings. The number of guanidine groups is 1. The van der Waals surface area contributed by atoms with E-state index in [1.54, 1.807) is 17.5 Å². The van der Waals surface area contributed by atoms with Crippen LogP contribution in [0.3, 0.4) is 0 Å². The maximum atomic E-state index is 4.80. The molecule has 1 atom stereocenters. The maximum Gasteiger partial charge on any atom is 0.191 e. The minimum atomic E-state index is 0.120. The molecular formula is C23H31N7S. The summed E-state index contributed by atoms with van der Waals surface area (Å²) in [4.78, 5) is 12.0. The zero-order valence-electron chi connectivity index (χ0n) is 18.3. The van der Waals surface area contributed by atoms with Gasteiger partial charge in [0.05, 0.1) is 17.4 Å². The number of thiazole rings is 1. The number of nitrogens with one attached hydrogen (secondary N) is 2. The molecule has 2 N–H and O–H groups in total. The Bertz CT molecular complexity index is 973. The lowest BCUT2D eigenvalue weighted by Gasteiger charge is -2.19. The van der Waals surface area contributed by atoms with Gasteiger partial charge in [0.2, 0.25) is 0 Å². The first kappa shape index (κ1) is 21.4. The van der Waals surface area contributed by atoms with Crippen LogP contribution in [0.15, 0.2) is 53.1 Å². The Kier molecular flexibility index (Phi) is 7.19. The second-order valence-corrected chi connectivity index (χ2v) is 8.57. The third-order valence-electron chi connectivity index (χ3n) is 5.39. The summed E-state index contributed by atoms with van der Waals surface area (Å²) in [6.45, 7) is 8.04. The van der Waals surface area contributed by atoms with Crippen LogP contribution in [-0.2, 0) is 6.42 Å². The van der Waals surface area contributed by atoms with Crippen LogP contribution in [-0.4, -0.2) is 46.9 Å². The molecule has 0 aliphatic carbocycles. The molecule has 0 saturated carbocycles. The fourth-order valence-corrected chi connectivity index (χ4v) is 4.63. The number of benzene rings is 1. The summed E-state index contributed by atoms with van der Waals surface area (Å²) in [6.07, 6.45) is 7.15. The molecule has 31 heavy (non-hydrogen) atoms. The zero-order chi connectivity index (χ0) is 21.5. The molecule has 0 spiro atoms. The van der Waals surface area contributed by atoms with Crippen LogP contribution in [0.25, 0.3) is 5.69 Å². The molecular weight excluding hydrogens is 406 g/mol. The first-order valence-corrected chi connectivity index (χ1v) is 11.9. The van der Waals surface area contributed by atoms with Crippen LogP contribution < -0.4 is 15.5 Å². The van der Waals surface area contributed by atoms with Crippen molar-refractivity contribution in [2.45, 2.75) is 39.2 Å². The molecule has 1 aromatic carbocycles. The van der Waals surface area contributed by atoms with Gasteiger partial charge in [-0.25, -0.2) is 9.67 Å². The van der Waals surface area contributed by atoms with Crippen molar-refractivity contribution in [1.82, 2.24) is 25.4 Å². The summed E-state index contributed by atoms with van der Waals surface area (Å²) >= 11 is 1.75. The third kappa shape index (κ3) is 5.64. The molecule has 0 radical (unpaired) electrons. The largest absolute Gasteiger partial charge is 0.357 e. The van der Waals surface area contributed by atoms with Gasteiger partial charge in [-0.3, -0.25) is 4.99 Å². The molecule has 8 heteroatoms. The topological polar surface area (TPSA) is 70.4 Å². The van der Waals surface area contributed by atoms with E-state index in [2.05, 4.69) is 64.1 Å². The normalized spacial score (nSPS) is 15.3. The van der Waals surface area contributed by atoms with E-state index < -0.39 is 0 Å². The first-order valence-electron chi connectivity index (χ1n) is 11.1. The van der Waals surface area contributed by atoms with E-state index in [-0.39, 0.29) is 6.04 Å². The molecule has 4 rings (SSSR count). The van der Waals surface area contributed by atoms with Crippen LogP contribution >= 0.6 is 11.3 Å². The minimum absolute atomic E-state index is 0.120. The predicted octanol–water partition coefficient (Wildman–Crippen LogP) is 3.79. The van der Waals surface area contributed by atoms with Gasteiger partial charge in [-0.1, -0.05) is 12.1 Å². The lowest BCUT2D eigenvalue weighted by Crippen LogP contribution is -2.38. The molecule has 1 aliphatic heterocycles. The average molecular weight is 438 g/mol. The Morgan fingerprint density at radius 1 is 1.26 bits per heavy atom. The summed E-state index contributed by atoms with van der Waals surface area (Å²) in [5.74, 6) is 0.828. The number of hydrogen-bond donors (Lipinski definition) is 2. The SMILES string of the molecule is CCNC(=NCCc1csc(N2CCCC2)n1)NC(C)c1cccc(-n2cccn2)c1. The molecule has 164 valence electrons. The van der Waals surface area contributed by atoms with Gasteiger partial charge >= 0.3 is 0 Å². The summed E-state index contributed by atoms with van der Waals surface area (Å²) in [5, 5.41) is 14.5. The Hall–Kier alpha value is -2.87. The highest BCUT2D eigenvalue weighted by molar-refractivity contribution is 7.13. The lowest BCUT2D eigenvalue weighted by molar-refractivity contribution is 0.684. The van der Waals surface area contributed by atoms with Gasteiger partial charge in [0.25, 0.3) is 0 Å².